The van der Waals surface area contributed by atoms with Crippen LogP contribution in [0.3, 0.4) is 0 Å². The number of nitrogens with one attached hydrogen (secondary N) is 2. The number of hydrogen-bond acceptors (Lipinski definition) is 6. The van der Waals surface area contributed by atoms with Crippen LogP contribution in [0.25, 0.3) is 0 Å². The molecule has 0 fully saturated rings. The van der Waals surface area contributed by atoms with E-state index in [1.165, 1.54) is 6.26 Å². The average molecular weight is 283 g/mol. The van der Waals surface area contributed by atoms with E-state index >= 15 is 0 Å². The molecule has 7 nitrogen and oxygen atoms in total. The number of amides is 1. The van der Waals surface area contributed by atoms with Crippen LogP contribution >= 0.6 is 0 Å². The molecule has 20 heavy (non-hydrogen) atoms. The van der Waals surface area contributed by atoms with Crippen LogP contribution in [-0.2, 0) is 9.53 Å². The average Bonchev–Trinajstić information content (AvgIpc) is 2.87. The van der Waals surface area contributed by atoms with Gasteiger partial charge in [0.25, 0.3) is 6.01 Å². The fraction of sp³-hybridized carbons (Fsp3) is 0.615. The van der Waals surface area contributed by atoms with Crippen LogP contribution in [0.2, 0.25) is 0 Å². The maximum Gasteiger partial charge on any atom is 0.360 e. The number of hydrogen-bond donors (Lipinski definition) is 2. The Kier molecular flexibility index (Phi) is 6.55. The smallest absolute Gasteiger partial charge is 0.360 e. The van der Waals surface area contributed by atoms with Crippen molar-refractivity contribution < 1.29 is 18.7 Å². The summed E-state index contributed by atoms with van der Waals surface area (Å²) in [5.74, 6) is -0.567. The predicted molar refractivity (Wildman–Crippen MR) is 73.5 cm³/mol. The van der Waals surface area contributed by atoms with Gasteiger partial charge in [0.05, 0.1) is 6.61 Å². The van der Waals surface area contributed by atoms with E-state index in [-0.39, 0.29) is 30.3 Å². The molecule has 1 aromatic heterocycles. The summed E-state index contributed by atoms with van der Waals surface area (Å²) in [5, 5.41) is 5.69. The van der Waals surface area contributed by atoms with E-state index < -0.39 is 5.97 Å². The molecule has 0 aliphatic carbocycles. The van der Waals surface area contributed by atoms with Crippen LogP contribution in [0.15, 0.2) is 10.7 Å². The van der Waals surface area contributed by atoms with Crippen molar-refractivity contribution in [1.29, 1.82) is 0 Å². The minimum atomic E-state index is -0.529. The number of esters is 1. The largest absolute Gasteiger partial charge is 0.461 e. The van der Waals surface area contributed by atoms with Crippen LogP contribution in [0.4, 0.5) is 6.01 Å². The van der Waals surface area contributed by atoms with Crippen LogP contribution in [-0.4, -0.2) is 36.1 Å². The van der Waals surface area contributed by atoms with Gasteiger partial charge in [0.15, 0.2) is 5.69 Å². The highest BCUT2D eigenvalue weighted by Gasteiger charge is 2.13. The Hall–Kier alpha value is -2.05. The van der Waals surface area contributed by atoms with E-state index in [0.29, 0.717) is 13.0 Å². The number of oxazole rings is 1. The summed E-state index contributed by atoms with van der Waals surface area (Å²) in [6.07, 6.45) is 2.42. The fourth-order valence-electron chi connectivity index (χ4n) is 1.39. The van der Waals surface area contributed by atoms with E-state index in [1.54, 1.807) is 6.92 Å². The van der Waals surface area contributed by atoms with Crippen molar-refractivity contribution in [2.45, 2.75) is 39.7 Å². The molecule has 1 heterocycles. The number of aromatic nitrogens is 1. The first kappa shape index (κ1) is 16.0. The third kappa shape index (κ3) is 5.29. The molecule has 1 rings (SSSR count). The highest BCUT2D eigenvalue weighted by atomic mass is 16.5. The lowest BCUT2D eigenvalue weighted by atomic mass is 10.2. The summed E-state index contributed by atoms with van der Waals surface area (Å²) < 4.78 is 9.85. The molecule has 0 bridgehead atoms. The third-order valence-corrected chi connectivity index (χ3v) is 2.64. The molecular formula is C13H21N3O4. The monoisotopic (exact) mass is 283 g/mol. The second-order valence-corrected chi connectivity index (χ2v) is 4.31. The molecule has 0 spiro atoms. The van der Waals surface area contributed by atoms with Crippen LogP contribution < -0.4 is 10.6 Å². The van der Waals surface area contributed by atoms with Crippen molar-refractivity contribution in [1.82, 2.24) is 10.3 Å². The lowest BCUT2D eigenvalue weighted by Gasteiger charge is -2.10. The number of nitrogens with zero attached hydrogens (tertiary/aromatic N) is 1. The second kappa shape index (κ2) is 8.19. The molecular weight excluding hydrogens is 262 g/mol. The molecule has 1 unspecified atom stereocenters. The molecule has 0 aliphatic rings. The first-order valence-corrected chi connectivity index (χ1v) is 6.72. The number of anilines is 1. The summed E-state index contributed by atoms with van der Waals surface area (Å²) in [7, 11) is 0. The van der Waals surface area contributed by atoms with Gasteiger partial charge in [-0.25, -0.2) is 4.79 Å². The summed E-state index contributed by atoms with van der Waals surface area (Å²) in [6, 6.07) is 0.365. The van der Waals surface area contributed by atoms with E-state index in [9.17, 15) is 9.59 Å². The summed E-state index contributed by atoms with van der Waals surface area (Å²) in [5.41, 5.74) is 0.110. The van der Waals surface area contributed by atoms with Gasteiger partial charge in [-0.05, 0) is 20.3 Å². The second-order valence-electron chi connectivity index (χ2n) is 4.31. The van der Waals surface area contributed by atoms with Gasteiger partial charge >= 0.3 is 5.97 Å². The van der Waals surface area contributed by atoms with Crippen LogP contribution in [0, 0.1) is 0 Å². The van der Waals surface area contributed by atoms with Crippen molar-refractivity contribution in [3.8, 4) is 0 Å². The maximum absolute atomic E-state index is 11.5. The van der Waals surface area contributed by atoms with E-state index in [1.807, 2.05) is 13.8 Å². The van der Waals surface area contributed by atoms with Gasteiger partial charge < -0.3 is 19.8 Å². The fourth-order valence-corrected chi connectivity index (χ4v) is 1.39. The SMILES string of the molecule is CCOC(=O)c1coc(NCCC(=O)NC(C)CC)n1. The Labute approximate surface area is 118 Å². The van der Waals surface area contributed by atoms with Crippen LogP contribution in [0.5, 0.6) is 0 Å². The molecule has 112 valence electrons. The van der Waals surface area contributed by atoms with E-state index in [0.717, 1.165) is 6.42 Å². The molecule has 0 aliphatic heterocycles. The zero-order valence-corrected chi connectivity index (χ0v) is 12.1. The van der Waals surface area contributed by atoms with Crippen molar-refractivity contribution in [3.05, 3.63) is 12.0 Å². The Morgan fingerprint density at radius 3 is 2.85 bits per heavy atom. The molecule has 1 atom stereocenters. The third-order valence-electron chi connectivity index (χ3n) is 2.64. The summed E-state index contributed by atoms with van der Waals surface area (Å²) >= 11 is 0. The zero-order valence-electron chi connectivity index (χ0n) is 12.1. The van der Waals surface area contributed by atoms with Gasteiger partial charge in [0.2, 0.25) is 5.91 Å². The van der Waals surface area contributed by atoms with Crippen molar-refractivity contribution in [2.24, 2.45) is 0 Å². The Balaban J connectivity index is 2.32. The van der Waals surface area contributed by atoms with Gasteiger partial charge in [-0.1, -0.05) is 6.92 Å². The summed E-state index contributed by atoms with van der Waals surface area (Å²) in [6.45, 7) is 6.33. The molecule has 0 saturated carbocycles. The minimum absolute atomic E-state index is 0.0379. The Bertz CT molecular complexity index is 445. The quantitative estimate of drug-likeness (QED) is 0.703. The number of carbonyl (C=O) groups is 2. The molecule has 2 N–H and O–H groups in total. The summed E-state index contributed by atoms with van der Waals surface area (Å²) in [4.78, 5) is 26.8. The van der Waals surface area contributed by atoms with Gasteiger partial charge in [0, 0.05) is 19.0 Å². The van der Waals surface area contributed by atoms with Gasteiger partial charge in [-0.2, -0.15) is 4.98 Å². The Morgan fingerprint density at radius 2 is 2.20 bits per heavy atom. The topological polar surface area (TPSA) is 93.5 Å². The number of carbonyl (C=O) groups excluding carboxylic acids is 2. The van der Waals surface area contributed by atoms with Gasteiger partial charge in [-0.3, -0.25) is 4.79 Å². The van der Waals surface area contributed by atoms with Crippen LogP contribution in [0.1, 0.15) is 44.1 Å². The molecule has 0 aromatic carbocycles. The maximum atomic E-state index is 11.5. The number of ether oxygens (including phenoxy) is 1. The van der Waals surface area contributed by atoms with Crippen molar-refractivity contribution >= 4 is 17.9 Å². The minimum Gasteiger partial charge on any atom is -0.461 e. The standard InChI is InChI=1S/C13H21N3O4/c1-4-9(3)15-11(17)6-7-14-13-16-10(8-20-13)12(18)19-5-2/h8-9H,4-7H2,1-3H3,(H,14,16)(H,15,17). The van der Waals surface area contributed by atoms with Crippen molar-refractivity contribution in [2.75, 3.05) is 18.5 Å². The van der Waals surface area contributed by atoms with Gasteiger partial charge in [0.1, 0.15) is 6.26 Å². The van der Waals surface area contributed by atoms with E-state index in [4.69, 9.17) is 9.15 Å². The first-order valence-electron chi connectivity index (χ1n) is 6.72. The van der Waals surface area contributed by atoms with Crippen molar-refractivity contribution in [3.63, 3.8) is 0 Å². The number of rotatable bonds is 8. The molecule has 7 heteroatoms. The lowest BCUT2D eigenvalue weighted by Crippen LogP contribution is -2.32. The predicted octanol–water partition coefficient (Wildman–Crippen LogP) is 1.57. The highest BCUT2D eigenvalue weighted by Crippen LogP contribution is 2.08. The highest BCUT2D eigenvalue weighted by molar-refractivity contribution is 5.87. The molecule has 1 amide bonds. The first-order chi connectivity index (χ1) is 9.56. The molecule has 0 saturated heterocycles. The van der Waals surface area contributed by atoms with E-state index in [2.05, 4.69) is 15.6 Å². The zero-order chi connectivity index (χ0) is 15.0. The molecule has 0 radical (unpaired) electrons. The van der Waals surface area contributed by atoms with Gasteiger partial charge in [-0.15, -0.1) is 0 Å². The molecule has 1 aromatic rings. The lowest BCUT2D eigenvalue weighted by molar-refractivity contribution is -0.121. The normalized spacial score (nSPS) is 11.8. The Morgan fingerprint density at radius 1 is 1.45 bits per heavy atom.